The Bertz CT molecular complexity index is 655. The van der Waals surface area contributed by atoms with Gasteiger partial charge in [0.2, 0.25) is 0 Å². The number of nitrogens with one attached hydrogen (secondary N) is 1. The molecule has 3 rings (SSSR count). The van der Waals surface area contributed by atoms with Crippen LogP contribution in [0.25, 0.3) is 5.52 Å². The van der Waals surface area contributed by atoms with Crippen LogP contribution >= 0.6 is 11.3 Å². The van der Waals surface area contributed by atoms with Gasteiger partial charge in [-0.15, -0.1) is 0 Å². The van der Waals surface area contributed by atoms with Gasteiger partial charge in [0.1, 0.15) is 0 Å². The van der Waals surface area contributed by atoms with Gasteiger partial charge in [-0.2, -0.15) is 16.4 Å². The van der Waals surface area contributed by atoms with Crippen molar-refractivity contribution in [2.45, 2.75) is 6.42 Å². The van der Waals surface area contributed by atoms with E-state index < -0.39 is 0 Å². The minimum Gasteiger partial charge on any atom is -0.350 e. The number of carbonyl (C=O) groups is 1. The Hall–Kier alpha value is -2.14. The summed E-state index contributed by atoms with van der Waals surface area (Å²) in [6.07, 6.45) is 2.68. The molecular weight excluding hydrogens is 258 g/mol. The number of hydrogen-bond donors (Lipinski definition) is 1. The maximum absolute atomic E-state index is 12.0. The molecule has 0 aliphatic carbocycles. The van der Waals surface area contributed by atoms with Crippen LogP contribution in [0.15, 0.2) is 47.3 Å². The molecule has 0 aromatic carbocycles. The van der Waals surface area contributed by atoms with E-state index in [-0.39, 0.29) is 5.91 Å². The summed E-state index contributed by atoms with van der Waals surface area (Å²) in [7, 11) is 0. The van der Waals surface area contributed by atoms with Crippen LogP contribution < -0.4 is 5.32 Å². The van der Waals surface area contributed by atoms with Crippen LogP contribution in [0.3, 0.4) is 0 Å². The Balaban J connectivity index is 1.63. The largest absolute Gasteiger partial charge is 0.350 e. The van der Waals surface area contributed by atoms with Gasteiger partial charge < -0.3 is 5.32 Å². The van der Waals surface area contributed by atoms with Crippen LogP contribution in [0.1, 0.15) is 16.1 Å². The maximum atomic E-state index is 12.0. The zero-order valence-electron chi connectivity index (χ0n) is 10.2. The highest BCUT2D eigenvalue weighted by Gasteiger charge is 2.09. The molecule has 3 aromatic heterocycles. The van der Waals surface area contributed by atoms with Crippen LogP contribution in [-0.2, 0) is 6.42 Å². The molecule has 0 unspecified atom stereocenters. The van der Waals surface area contributed by atoms with Crippen molar-refractivity contribution < 1.29 is 4.79 Å². The lowest BCUT2D eigenvalue weighted by atomic mass is 10.2. The topological polar surface area (TPSA) is 46.4 Å². The first-order chi connectivity index (χ1) is 9.33. The van der Waals surface area contributed by atoms with E-state index in [1.165, 1.54) is 5.56 Å². The van der Waals surface area contributed by atoms with E-state index in [1.54, 1.807) is 21.9 Å². The molecule has 4 nitrogen and oxygen atoms in total. The van der Waals surface area contributed by atoms with Gasteiger partial charge in [-0.1, -0.05) is 6.07 Å². The quantitative estimate of drug-likeness (QED) is 0.792. The predicted octanol–water partition coefficient (Wildman–Crippen LogP) is 2.37. The molecule has 3 heterocycles. The van der Waals surface area contributed by atoms with Crippen LogP contribution in [0.5, 0.6) is 0 Å². The van der Waals surface area contributed by atoms with Crippen molar-refractivity contribution >= 4 is 22.8 Å². The van der Waals surface area contributed by atoms with E-state index in [2.05, 4.69) is 21.9 Å². The standard InChI is InChI=1S/C14H13N3OS/c18-14(15-6-4-11-5-8-19-10-11)13-9-12-3-1-2-7-17(12)16-13/h1-3,5,7-10H,4,6H2,(H,15,18). The number of pyridine rings is 1. The number of hydrogen-bond acceptors (Lipinski definition) is 3. The van der Waals surface area contributed by atoms with Gasteiger partial charge in [-0.05, 0) is 47.0 Å². The molecule has 1 amide bonds. The molecule has 0 aliphatic rings. The second-order valence-corrected chi connectivity index (χ2v) is 5.02. The molecule has 0 saturated heterocycles. The molecule has 0 saturated carbocycles. The molecule has 0 bridgehead atoms. The molecule has 19 heavy (non-hydrogen) atoms. The normalized spacial score (nSPS) is 10.7. The molecule has 0 spiro atoms. The summed E-state index contributed by atoms with van der Waals surface area (Å²) < 4.78 is 1.70. The Morgan fingerprint density at radius 1 is 1.37 bits per heavy atom. The number of carbonyl (C=O) groups excluding carboxylic acids is 1. The van der Waals surface area contributed by atoms with Crippen molar-refractivity contribution in [2.24, 2.45) is 0 Å². The average Bonchev–Trinajstić information content (AvgIpc) is 3.07. The van der Waals surface area contributed by atoms with Crippen molar-refractivity contribution in [1.82, 2.24) is 14.9 Å². The van der Waals surface area contributed by atoms with Crippen LogP contribution in [0.4, 0.5) is 0 Å². The van der Waals surface area contributed by atoms with Gasteiger partial charge in [0.15, 0.2) is 5.69 Å². The average molecular weight is 271 g/mol. The lowest BCUT2D eigenvalue weighted by Crippen LogP contribution is -2.26. The number of rotatable bonds is 4. The van der Waals surface area contributed by atoms with E-state index in [0.717, 1.165) is 11.9 Å². The van der Waals surface area contributed by atoms with E-state index in [4.69, 9.17) is 0 Å². The fourth-order valence-corrected chi connectivity index (χ4v) is 2.60. The van der Waals surface area contributed by atoms with Crippen molar-refractivity contribution in [3.05, 3.63) is 58.5 Å². The van der Waals surface area contributed by atoms with E-state index in [9.17, 15) is 4.79 Å². The molecule has 0 radical (unpaired) electrons. The Kier molecular flexibility index (Phi) is 3.29. The summed E-state index contributed by atoms with van der Waals surface area (Å²) in [5.41, 5.74) is 2.63. The summed E-state index contributed by atoms with van der Waals surface area (Å²) in [5.74, 6) is -0.126. The molecule has 0 fully saturated rings. The SMILES string of the molecule is O=C(NCCc1ccsc1)c1cc2ccccn2n1. The lowest BCUT2D eigenvalue weighted by molar-refractivity contribution is 0.0949. The lowest BCUT2D eigenvalue weighted by Gasteiger charge is -2.01. The number of nitrogens with zero attached hydrogens (tertiary/aromatic N) is 2. The molecular formula is C14H13N3OS. The van der Waals surface area contributed by atoms with Gasteiger partial charge >= 0.3 is 0 Å². The molecule has 96 valence electrons. The van der Waals surface area contributed by atoms with Crippen molar-refractivity contribution in [3.63, 3.8) is 0 Å². The van der Waals surface area contributed by atoms with Crippen molar-refractivity contribution in [2.75, 3.05) is 6.54 Å². The summed E-state index contributed by atoms with van der Waals surface area (Å²) in [6, 6.07) is 9.60. The Labute approximate surface area is 114 Å². The summed E-state index contributed by atoms with van der Waals surface area (Å²) >= 11 is 1.67. The highest BCUT2D eigenvalue weighted by Crippen LogP contribution is 2.07. The first kappa shape index (κ1) is 11.9. The summed E-state index contributed by atoms with van der Waals surface area (Å²) in [4.78, 5) is 12.0. The number of aromatic nitrogens is 2. The van der Waals surface area contributed by atoms with Gasteiger partial charge in [-0.25, -0.2) is 4.52 Å². The Morgan fingerprint density at radius 2 is 2.32 bits per heavy atom. The van der Waals surface area contributed by atoms with Crippen molar-refractivity contribution in [3.8, 4) is 0 Å². The van der Waals surface area contributed by atoms with Crippen LogP contribution in [-0.4, -0.2) is 22.1 Å². The third-order valence-electron chi connectivity index (χ3n) is 2.88. The molecule has 0 atom stereocenters. The summed E-state index contributed by atoms with van der Waals surface area (Å²) in [5, 5.41) is 11.3. The first-order valence-electron chi connectivity index (χ1n) is 6.06. The second kappa shape index (κ2) is 5.24. The van der Waals surface area contributed by atoms with Crippen molar-refractivity contribution in [1.29, 1.82) is 0 Å². The van der Waals surface area contributed by atoms with E-state index >= 15 is 0 Å². The highest BCUT2D eigenvalue weighted by atomic mass is 32.1. The molecule has 1 N–H and O–H groups in total. The maximum Gasteiger partial charge on any atom is 0.271 e. The van der Waals surface area contributed by atoms with Crippen LogP contribution in [0, 0.1) is 0 Å². The minimum atomic E-state index is -0.126. The molecule has 5 heteroatoms. The molecule has 0 aliphatic heterocycles. The van der Waals surface area contributed by atoms with Gasteiger partial charge in [0, 0.05) is 12.7 Å². The van der Waals surface area contributed by atoms with E-state index in [1.807, 2.05) is 29.8 Å². The van der Waals surface area contributed by atoms with Gasteiger partial charge in [-0.3, -0.25) is 4.79 Å². The fourth-order valence-electron chi connectivity index (χ4n) is 1.89. The van der Waals surface area contributed by atoms with Gasteiger partial charge in [0.25, 0.3) is 5.91 Å². The first-order valence-corrected chi connectivity index (χ1v) is 7.01. The Morgan fingerprint density at radius 3 is 3.11 bits per heavy atom. The second-order valence-electron chi connectivity index (χ2n) is 4.24. The van der Waals surface area contributed by atoms with Crippen LogP contribution in [0.2, 0.25) is 0 Å². The number of amides is 1. The zero-order valence-corrected chi connectivity index (χ0v) is 11.1. The van der Waals surface area contributed by atoms with Gasteiger partial charge in [0.05, 0.1) is 5.52 Å². The summed E-state index contributed by atoms with van der Waals surface area (Å²) in [6.45, 7) is 0.628. The predicted molar refractivity (Wildman–Crippen MR) is 75.5 cm³/mol. The monoisotopic (exact) mass is 271 g/mol. The van der Waals surface area contributed by atoms with E-state index in [0.29, 0.717) is 12.2 Å². The smallest absolute Gasteiger partial charge is 0.271 e. The zero-order chi connectivity index (χ0) is 13.1. The third-order valence-corrected chi connectivity index (χ3v) is 3.61. The minimum absolute atomic E-state index is 0.126. The number of fused-ring (bicyclic) bond motifs is 1. The third kappa shape index (κ3) is 2.66. The molecule has 3 aromatic rings. The fraction of sp³-hybridized carbons (Fsp3) is 0.143. The highest BCUT2D eigenvalue weighted by molar-refractivity contribution is 7.07. The number of thiophene rings is 1.